The molecule has 2 heteroatoms. The van der Waals surface area contributed by atoms with Gasteiger partial charge in [-0.05, 0) is 108 Å². The van der Waals surface area contributed by atoms with Crippen molar-refractivity contribution < 1.29 is 4.42 Å². The highest BCUT2D eigenvalue weighted by Crippen LogP contribution is 2.42. The molecule has 10 aromatic carbocycles. The molecule has 2 nitrogen and oxygen atoms in total. The van der Waals surface area contributed by atoms with E-state index in [1.807, 2.05) is 12.1 Å². The number of fused-ring (bicyclic) bond motifs is 9. The zero-order valence-electron chi connectivity index (χ0n) is 29.4. The third-order valence-corrected chi connectivity index (χ3v) is 11.0. The van der Waals surface area contributed by atoms with Crippen LogP contribution in [0.2, 0.25) is 0 Å². The molecule has 1 aromatic heterocycles. The topological polar surface area (TPSA) is 16.4 Å². The molecule has 0 atom stereocenters. The van der Waals surface area contributed by atoms with Crippen molar-refractivity contribution >= 4 is 82.1 Å². The summed E-state index contributed by atoms with van der Waals surface area (Å²) in [6, 6.07) is 72.4. The molecule has 0 saturated carbocycles. The summed E-state index contributed by atoms with van der Waals surface area (Å²) in [7, 11) is 0. The van der Waals surface area contributed by atoms with Crippen LogP contribution in [-0.2, 0) is 0 Å². The lowest BCUT2D eigenvalue weighted by Crippen LogP contribution is -2.10. The summed E-state index contributed by atoms with van der Waals surface area (Å²) in [5.74, 6) is 0. The average Bonchev–Trinajstić information content (AvgIpc) is 3.63. The normalized spacial score (nSPS) is 11.7. The van der Waals surface area contributed by atoms with Crippen LogP contribution in [0.25, 0.3) is 87.3 Å². The van der Waals surface area contributed by atoms with Gasteiger partial charge in [-0.1, -0.05) is 152 Å². The van der Waals surface area contributed by atoms with Crippen LogP contribution >= 0.6 is 0 Å². The summed E-state index contributed by atoms with van der Waals surface area (Å²) in [4.78, 5) is 2.37. The maximum Gasteiger partial charge on any atom is 0.143 e. The van der Waals surface area contributed by atoms with Gasteiger partial charge in [0.05, 0.1) is 0 Å². The Bertz CT molecular complexity index is 3230. The number of hydrogen-bond donors (Lipinski definition) is 0. The van der Waals surface area contributed by atoms with E-state index < -0.39 is 0 Å². The van der Waals surface area contributed by atoms with Crippen LogP contribution in [0.5, 0.6) is 0 Å². The smallest absolute Gasteiger partial charge is 0.143 e. The maximum absolute atomic E-state index is 6.49. The number of nitrogens with zero attached hydrogens (tertiary/aromatic N) is 1. The molecule has 0 bridgehead atoms. The Kier molecular flexibility index (Phi) is 6.90. The van der Waals surface area contributed by atoms with Gasteiger partial charge in [0.1, 0.15) is 11.2 Å². The first-order valence-electron chi connectivity index (χ1n) is 18.5. The summed E-state index contributed by atoms with van der Waals surface area (Å²) in [5, 5.41) is 12.3. The van der Waals surface area contributed by atoms with Crippen LogP contribution in [0, 0.1) is 0 Å². The Hall–Kier alpha value is -7.16. The number of rotatable bonds is 5. The Morgan fingerprint density at radius 2 is 0.870 bits per heavy atom. The summed E-state index contributed by atoms with van der Waals surface area (Å²) in [5.41, 5.74) is 9.65. The fourth-order valence-corrected chi connectivity index (χ4v) is 8.36. The van der Waals surface area contributed by atoms with Gasteiger partial charge in [0.25, 0.3) is 0 Å². The van der Waals surface area contributed by atoms with Crippen LogP contribution in [0.15, 0.2) is 205 Å². The van der Waals surface area contributed by atoms with Crippen molar-refractivity contribution in [2.45, 2.75) is 0 Å². The zero-order chi connectivity index (χ0) is 35.6. The second kappa shape index (κ2) is 12.2. The minimum atomic E-state index is 0.904. The molecule has 0 spiro atoms. The molecule has 0 aliphatic heterocycles. The molecular weight excluding hydrogens is 655 g/mol. The Morgan fingerprint density at radius 3 is 1.69 bits per heavy atom. The van der Waals surface area contributed by atoms with E-state index in [4.69, 9.17) is 4.42 Å². The standard InChI is InChI=1S/C52H33NO/c1-3-13-44-35(9-1)21-22-40-31-38(26-30-46(40)44)34-23-27-41(28-24-34)53(43-29-25-37-20-19-36-10-2-4-14-45(36)50(37)33-43)42-12-7-11-39(32-42)47-16-8-17-49-48-15-5-6-18-51(48)54-52(47)49/h1-33H. The van der Waals surface area contributed by atoms with Gasteiger partial charge in [0, 0.05) is 33.4 Å². The van der Waals surface area contributed by atoms with E-state index >= 15 is 0 Å². The van der Waals surface area contributed by atoms with Crippen molar-refractivity contribution in [3.8, 4) is 22.3 Å². The van der Waals surface area contributed by atoms with Gasteiger partial charge in [0.15, 0.2) is 0 Å². The highest BCUT2D eigenvalue weighted by atomic mass is 16.3. The highest BCUT2D eigenvalue weighted by molar-refractivity contribution is 6.11. The van der Waals surface area contributed by atoms with Gasteiger partial charge < -0.3 is 9.32 Å². The van der Waals surface area contributed by atoms with Gasteiger partial charge >= 0.3 is 0 Å². The first-order chi connectivity index (χ1) is 26.7. The Morgan fingerprint density at radius 1 is 0.296 bits per heavy atom. The number of para-hydroxylation sites is 2. The molecular formula is C52H33NO. The van der Waals surface area contributed by atoms with E-state index in [2.05, 4.69) is 193 Å². The van der Waals surface area contributed by atoms with Crippen molar-refractivity contribution in [2.75, 3.05) is 4.90 Å². The monoisotopic (exact) mass is 687 g/mol. The average molecular weight is 688 g/mol. The van der Waals surface area contributed by atoms with E-state index in [1.54, 1.807) is 0 Å². The molecule has 0 fully saturated rings. The Labute approximate surface area is 312 Å². The van der Waals surface area contributed by atoms with Gasteiger partial charge in [-0.3, -0.25) is 0 Å². The molecule has 11 aromatic rings. The predicted molar refractivity (Wildman–Crippen MR) is 229 cm³/mol. The molecule has 0 saturated heterocycles. The molecule has 0 amide bonds. The number of anilines is 3. The lowest BCUT2D eigenvalue weighted by atomic mass is 9.97. The van der Waals surface area contributed by atoms with Gasteiger partial charge in [0.2, 0.25) is 0 Å². The summed E-state index contributed by atoms with van der Waals surface area (Å²) in [6.45, 7) is 0. The summed E-state index contributed by atoms with van der Waals surface area (Å²) < 4.78 is 6.49. The summed E-state index contributed by atoms with van der Waals surface area (Å²) in [6.07, 6.45) is 0. The lowest BCUT2D eigenvalue weighted by Gasteiger charge is -2.27. The van der Waals surface area contributed by atoms with Crippen LogP contribution in [-0.4, -0.2) is 0 Å². The lowest BCUT2D eigenvalue weighted by molar-refractivity contribution is 0.670. The largest absolute Gasteiger partial charge is 0.455 e. The molecule has 0 N–H and O–H groups in total. The van der Waals surface area contributed by atoms with Gasteiger partial charge in [-0.2, -0.15) is 0 Å². The summed E-state index contributed by atoms with van der Waals surface area (Å²) >= 11 is 0. The van der Waals surface area contributed by atoms with Crippen molar-refractivity contribution in [3.05, 3.63) is 200 Å². The molecule has 252 valence electrons. The second-order valence-electron chi connectivity index (χ2n) is 14.1. The van der Waals surface area contributed by atoms with E-state index in [1.165, 1.54) is 54.2 Å². The minimum absolute atomic E-state index is 0.904. The molecule has 1 heterocycles. The number of furan rings is 1. The third kappa shape index (κ3) is 4.96. The molecule has 0 unspecified atom stereocenters. The van der Waals surface area contributed by atoms with Crippen molar-refractivity contribution in [1.82, 2.24) is 0 Å². The van der Waals surface area contributed by atoms with Crippen LogP contribution in [0.1, 0.15) is 0 Å². The van der Waals surface area contributed by atoms with Gasteiger partial charge in [-0.15, -0.1) is 0 Å². The number of hydrogen-bond acceptors (Lipinski definition) is 2. The van der Waals surface area contributed by atoms with Crippen molar-refractivity contribution in [1.29, 1.82) is 0 Å². The molecule has 0 radical (unpaired) electrons. The predicted octanol–water partition coefficient (Wildman–Crippen LogP) is 15.0. The minimum Gasteiger partial charge on any atom is -0.455 e. The van der Waals surface area contributed by atoms with E-state index in [0.29, 0.717) is 0 Å². The Balaban J connectivity index is 1.06. The first-order valence-corrected chi connectivity index (χ1v) is 18.5. The molecule has 0 aliphatic rings. The first kappa shape index (κ1) is 30.5. The van der Waals surface area contributed by atoms with Crippen LogP contribution in [0.3, 0.4) is 0 Å². The van der Waals surface area contributed by atoms with Crippen molar-refractivity contribution in [2.24, 2.45) is 0 Å². The fourth-order valence-electron chi connectivity index (χ4n) is 8.36. The second-order valence-corrected chi connectivity index (χ2v) is 14.1. The van der Waals surface area contributed by atoms with Crippen LogP contribution < -0.4 is 4.90 Å². The quantitative estimate of drug-likeness (QED) is 0.168. The van der Waals surface area contributed by atoms with E-state index in [9.17, 15) is 0 Å². The molecule has 11 rings (SSSR count). The fraction of sp³-hybridized carbons (Fsp3) is 0. The van der Waals surface area contributed by atoms with Gasteiger partial charge in [-0.25, -0.2) is 0 Å². The molecule has 54 heavy (non-hydrogen) atoms. The van der Waals surface area contributed by atoms with E-state index in [-0.39, 0.29) is 0 Å². The SMILES string of the molecule is c1cc(-c2cccc3c2oc2ccccc23)cc(N(c2ccc(-c3ccc4c(ccc5ccccc54)c3)cc2)c2ccc3ccc4ccccc4c3c2)c1. The van der Waals surface area contributed by atoms with Crippen molar-refractivity contribution in [3.63, 3.8) is 0 Å². The zero-order valence-corrected chi connectivity index (χ0v) is 29.4. The van der Waals surface area contributed by atoms with Crippen LogP contribution in [0.4, 0.5) is 17.1 Å². The molecule has 0 aliphatic carbocycles. The maximum atomic E-state index is 6.49. The third-order valence-electron chi connectivity index (χ3n) is 11.0. The highest BCUT2D eigenvalue weighted by Gasteiger charge is 2.17. The van der Waals surface area contributed by atoms with E-state index in [0.717, 1.165) is 50.1 Å². The number of benzene rings is 10.